The third kappa shape index (κ3) is 1.89. The van der Waals surface area contributed by atoms with Gasteiger partial charge < -0.3 is 9.47 Å². The van der Waals surface area contributed by atoms with Crippen molar-refractivity contribution in [1.29, 1.82) is 0 Å². The molecule has 2 aliphatic heterocycles. The Balaban J connectivity index is 1.98. The predicted octanol–water partition coefficient (Wildman–Crippen LogP) is 1.20. The third-order valence-electron chi connectivity index (χ3n) is 2.94. The molecule has 15 heavy (non-hydrogen) atoms. The first-order chi connectivity index (χ1) is 7.08. The zero-order chi connectivity index (χ0) is 11.0. The highest BCUT2D eigenvalue weighted by Crippen LogP contribution is 2.35. The van der Waals surface area contributed by atoms with Crippen LogP contribution in [0.15, 0.2) is 12.2 Å². The number of esters is 2. The molecule has 0 aromatic heterocycles. The molecule has 0 aromatic rings. The Morgan fingerprint density at radius 1 is 1.53 bits per heavy atom. The number of fused-ring (bicyclic) bond motifs is 3. The fourth-order valence-electron chi connectivity index (χ4n) is 2.06. The lowest BCUT2D eigenvalue weighted by Gasteiger charge is -2.40. The highest BCUT2D eigenvalue weighted by molar-refractivity contribution is 5.87. The summed E-state index contributed by atoms with van der Waals surface area (Å²) in [7, 11) is 0. The summed E-state index contributed by atoms with van der Waals surface area (Å²) < 4.78 is 10.4. The molecule has 0 aromatic carbocycles. The maximum atomic E-state index is 11.3. The lowest BCUT2D eigenvalue weighted by molar-refractivity contribution is -0.192. The molecule has 0 amide bonds. The van der Waals surface area contributed by atoms with Gasteiger partial charge >= 0.3 is 11.9 Å². The Bertz CT molecular complexity index is 321. The molecule has 2 saturated heterocycles. The first-order valence-electron chi connectivity index (χ1n) is 5.15. The zero-order valence-electron chi connectivity index (χ0n) is 8.69. The molecule has 3 atom stereocenters. The van der Waals surface area contributed by atoms with Crippen molar-refractivity contribution < 1.29 is 19.1 Å². The molecule has 3 rings (SSSR count). The standard InChI is InChI=1S/C11H14O4/c1-6(2)10(12)15-9-5-7-3-4-8(9)14-11(7)13/h7-9H,1,3-5H2,2H3. The van der Waals surface area contributed by atoms with Crippen LogP contribution in [0.1, 0.15) is 26.2 Å². The van der Waals surface area contributed by atoms with Gasteiger partial charge in [-0.25, -0.2) is 4.79 Å². The molecular weight excluding hydrogens is 196 g/mol. The highest BCUT2D eigenvalue weighted by Gasteiger charge is 2.44. The first kappa shape index (κ1) is 10.2. The average Bonchev–Trinajstić information content (AvgIpc) is 2.19. The summed E-state index contributed by atoms with van der Waals surface area (Å²) in [5.74, 6) is -0.629. The van der Waals surface area contributed by atoms with Gasteiger partial charge in [-0.15, -0.1) is 0 Å². The summed E-state index contributed by atoms with van der Waals surface area (Å²) in [6, 6.07) is 0. The number of rotatable bonds is 2. The van der Waals surface area contributed by atoms with Crippen molar-refractivity contribution in [3.63, 3.8) is 0 Å². The van der Waals surface area contributed by atoms with Crippen molar-refractivity contribution in [3.8, 4) is 0 Å². The average molecular weight is 210 g/mol. The van der Waals surface area contributed by atoms with Gasteiger partial charge in [-0.3, -0.25) is 4.79 Å². The summed E-state index contributed by atoms with van der Waals surface area (Å²) in [4.78, 5) is 22.5. The summed E-state index contributed by atoms with van der Waals surface area (Å²) in [5, 5.41) is 0. The van der Waals surface area contributed by atoms with Gasteiger partial charge in [-0.1, -0.05) is 6.58 Å². The van der Waals surface area contributed by atoms with E-state index in [2.05, 4.69) is 6.58 Å². The molecule has 0 spiro atoms. The van der Waals surface area contributed by atoms with Crippen LogP contribution in [0.25, 0.3) is 0 Å². The minimum Gasteiger partial charge on any atom is -0.458 e. The van der Waals surface area contributed by atoms with Crippen LogP contribution in [0, 0.1) is 5.92 Å². The molecule has 3 fully saturated rings. The van der Waals surface area contributed by atoms with Gasteiger partial charge in [0.05, 0.1) is 5.92 Å². The molecule has 1 saturated carbocycles. The van der Waals surface area contributed by atoms with E-state index < -0.39 is 5.97 Å². The van der Waals surface area contributed by atoms with Gasteiger partial charge in [0.25, 0.3) is 0 Å². The number of hydrogen-bond acceptors (Lipinski definition) is 4. The molecule has 4 nitrogen and oxygen atoms in total. The number of hydrogen-bond donors (Lipinski definition) is 0. The minimum atomic E-state index is -0.399. The van der Waals surface area contributed by atoms with Crippen LogP contribution in [-0.4, -0.2) is 24.1 Å². The highest BCUT2D eigenvalue weighted by atomic mass is 16.6. The molecule has 2 heterocycles. The zero-order valence-corrected chi connectivity index (χ0v) is 8.69. The number of carbonyl (C=O) groups excluding carboxylic acids is 2. The second kappa shape index (κ2) is 3.68. The lowest BCUT2D eigenvalue weighted by atomic mass is 9.82. The molecule has 2 bridgehead atoms. The Kier molecular flexibility index (Phi) is 2.50. The van der Waals surface area contributed by atoms with Crippen LogP contribution in [0.3, 0.4) is 0 Å². The van der Waals surface area contributed by atoms with Gasteiger partial charge in [0, 0.05) is 12.0 Å². The van der Waals surface area contributed by atoms with Crippen LogP contribution < -0.4 is 0 Å². The predicted molar refractivity (Wildman–Crippen MR) is 51.9 cm³/mol. The van der Waals surface area contributed by atoms with E-state index in [1.54, 1.807) is 6.92 Å². The Labute approximate surface area is 88.2 Å². The molecule has 82 valence electrons. The number of ether oxygens (including phenoxy) is 2. The maximum Gasteiger partial charge on any atom is 0.333 e. The molecule has 3 unspecified atom stereocenters. The van der Waals surface area contributed by atoms with Crippen molar-refractivity contribution in [2.24, 2.45) is 5.92 Å². The fourth-order valence-corrected chi connectivity index (χ4v) is 2.06. The van der Waals surface area contributed by atoms with E-state index in [1.807, 2.05) is 0 Å². The SMILES string of the molecule is C=C(C)C(=O)OC1CC2CCC1OC2=O. The molecular formula is C11H14O4. The maximum absolute atomic E-state index is 11.3. The van der Waals surface area contributed by atoms with Gasteiger partial charge in [-0.2, -0.15) is 0 Å². The summed E-state index contributed by atoms with van der Waals surface area (Å²) in [6.07, 6.45) is 1.73. The summed E-state index contributed by atoms with van der Waals surface area (Å²) in [6.45, 7) is 5.12. The molecule has 0 radical (unpaired) electrons. The monoisotopic (exact) mass is 210 g/mol. The largest absolute Gasteiger partial charge is 0.458 e. The quantitative estimate of drug-likeness (QED) is 0.507. The fraction of sp³-hybridized carbons (Fsp3) is 0.636. The van der Waals surface area contributed by atoms with Gasteiger partial charge in [-0.05, 0) is 19.8 Å². The van der Waals surface area contributed by atoms with Crippen molar-refractivity contribution in [2.75, 3.05) is 0 Å². The van der Waals surface area contributed by atoms with Crippen molar-refractivity contribution in [1.82, 2.24) is 0 Å². The lowest BCUT2D eigenvalue weighted by Crippen LogP contribution is -2.48. The molecule has 4 heteroatoms. The van der Waals surface area contributed by atoms with E-state index in [9.17, 15) is 9.59 Å². The first-order valence-corrected chi connectivity index (χ1v) is 5.15. The van der Waals surface area contributed by atoms with Crippen molar-refractivity contribution in [3.05, 3.63) is 12.2 Å². The Morgan fingerprint density at radius 2 is 2.27 bits per heavy atom. The van der Waals surface area contributed by atoms with Crippen molar-refractivity contribution in [2.45, 2.75) is 38.4 Å². The van der Waals surface area contributed by atoms with E-state index in [4.69, 9.17) is 9.47 Å². The van der Waals surface area contributed by atoms with E-state index in [0.717, 1.165) is 12.8 Å². The molecule has 1 aliphatic carbocycles. The minimum absolute atomic E-state index is 0.0853. The van der Waals surface area contributed by atoms with Gasteiger partial charge in [0.1, 0.15) is 12.2 Å². The smallest absolute Gasteiger partial charge is 0.333 e. The van der Waals surface area contributed by atoms with Crippen LogP contribution in [-0.2, 0) is 19.1 Å². The van der Waals surface area contributed by atoms with Crippen LogP contribution in [0.5, 0.6) is 0 Å². The molecule has 3 aliphatic rings. The topological polar surface area (TPSA) is 52.6 Å². The summed E-state index contributed by atoms with van der Waals surface area (Å²) in [5.41, 5.74) is 0.378. The van der Waals surface area contributed by atoms with Gasteiger partial charge in [0.15, 0.2) is 0 Å². The van der Waals surface area contributed by atoms with Crippen LogP contribution in [0.2, 0.25) is 0 Å². The number of carbonyl (C=O) groups is 2. The normalized spacial score (nSPS) is 33.4. The second-order valence-corrected chi connectivity index (χ2v) is 4.21. The Morgan fingerprint density at radius 3 is 2.73 bits per heavy atom. The summed E-state index contributed by atoms with van der Waals surface area (Å²) >= 11 is 0. The third-order valence-corrected chi connectivity index (χ3v) is 2.94. The van der Waals surface area contributed by atoms with E-state index >= 15 is 0 Å². The van der Waals surface area contributed by atoms with Crippen LogP contribution >= 0.6 is 0 Å². The van der Waals surface area contributed by atoms with Gasteiger partial charge in [0.2, 0.25) is 0 Å². The van der Waals surface area contributed by atoms with Crippen molar-refractivity contribution >= 4 is 11.9 Å². The second-order valence-electron chi connectivity index (χ2n) is 4.21. The Hall–Kier alpha value is -1.32. The van der Waals surface area contributed by atoms with E-state index in [-0.39, 0.29) is 24.1 Å². The molecule has 0 N–H and O–H groups in total. The van der Waals surface area contributed by atoms with E-state index in [0.29, 0.717) is 12.0 Å². The van der Waals surface area contributed by atoms with E-state index in [1.165, 1.54) is 0 Å². The van der Waals surface area contributed by atoms with Crippen LogP contribution in [0.4, 0.5) is 0 Å².